The van der Waals surface area contributed by atoms with E-state index in [9.17, 15) is 19.9 Å². The van der Waals surface area contributed by atoms with Gasteiger partial charge in [-0.05, 0) is 55.6 Å². The molecule has 168 valence electrons. The first-order valence-corrected chi connectivity index (χ1v) is 11.1. The molecule has 0 aromatic heterocycles. The lowest BCUT2D eigenvalue weighted by molar-refractivity contribution is -0.165. The van der Waals surface area contributed by atoms with Crippen molar-refractivity contribution in [2.75, 3.05) is 6.61 Å². The molecule has 0 aromatic carbocycles. The lowest BCUT2D eigenvalue weighted by Gasteiger charge is -2.60. The Bertz CT molecular complexity index is 782. The number of allylic oxidation sites excluding steroid dienone is 3. The highest BCUT2D eigenvalue weighted by Gasteiger charge is 2.68. The van der Waals surface area contributed by atoms with Crippen LogP contribution in [0.4, 0.5) is 0 Å². The predicted octanol–water partition coefficient (Wildman–Crippen LogP) is 4.83. The molecule has 3 fully saturated rings. The highest BCUT2D eigenvalue weighted by atomic mass is 16.3. The second-order valence-electron chi connectivity index (χ2n) is 9.59. The zero-order chi connectivity index (χ0) is 21.6. The van der Waals surface area contributed by atoms with Crippen LogP contribution < -0.4 is 0 Å². The van der Waals surface area contributed by atoms with E-state index in [2.05, 4.69) is 36.9 Å². The van der Waals surface area contributed by atoms with Crippen LogP contribution in [0.15, 0.2) is 34.7 Å². The van der Waals surface area contributed by atoms with Crippen molar-refractivity contribution in [1.29, 1.82) is 0 Å². The topological polar surface area (TPSA) is 87.0 Å². The van der Waals surface area contributed by atoms with Crippen molar-refractivity contribution in [2.45, 2.75) is 79.4 Å². The van der Waals surface area contributed by atoms with E-state index in [1.54, 1.807) is 0 Å². The van der Waals surface area contributed by atoms with Gasteiger partial charge in [-0.3, -0.25) is 4.79 Å². The number of hydrogen-bond donors (Lipinski definition) is 2. The number of carbonyl (C=O) groups excluding carboxylic acids is 1. The predicted molar refractivity (Wildman–Crippen MR) is 120 cm³/mol. The van der Waals surface area contributed by atoms with Gasteiger partial charge in [-0.2, -0.15) is 4.91 Å². The molecule has 0 aromatic rings. The fourth-order valence-corrected chi connectivity index (χ4v) is 7.37. The summed E-state index contributed by atoms with van der Waals surface area (Å²) in [4.78, 5) is 24.4. The Morgan fingerprint density at radius 1 is 1.33 bits per heavy atom. The molecule has 0 aliphatic heterocycles. The van der Waals surface area contributed by atoms with Crippen molar-refractivity contribution in [1.82, 2.24) is 0 Å². The zero-order valence-electron chi connectivity index (χ0n) is 18.3. The fraction of sp³-hybridized carbons (Fsp3) is 0.760. The first-order chi connectivity index (χ1) is 13.7. The third-order valence-corrected chi connectivity index (χ3v) is 8.56. The van der Waals surface area contributed by atoms with E-state index in [0.29, 0.717) is 18.8 Å². The van der Waals surface area contributed by atoms with Gasteiger partial charge in [0, 0.05) is 16.7 Å². The third kappa shape index (κ3) is 3.09. The Morgan fingerprint density at radius 2 is 2.00 bits per heavy atom. The molecule has 0 spiro atoms. The van der Waals surface area contributed by atoms with Gasteiger partial charge in [0.1, 0.15) is 12.2 Å². The summed E-state index contributed by atoms with van der Waals surface area (Å²) in [5.41, 5.74) is 2.01. The van der Waals surface area contributed by atoms with Crippen LogP contribution in [-0.2, 0) is 4.79 Å². The molecular weight excluding hydrogens is 378 g/mol. The van der Waals surface area contributed by atoms with Gasteiger partial charge in [0.2, 0.25) is 0 Å². The van der Waals surface area contributed by atoms with Gasteiger partial charge < -0.3 is 10.2 Å². The maximum absolute atomic E-state index is 12.5. The van der Waals surface area contributed by atoms with E-state index < -0.39 is 29.4 Å². The number of nitroso groups, excluding NO2 is 1. The summed E-state index contributed by atoms with van der Waals surface area (Å²) >= 11 is 0. The summed E-state index contributed by atoms with van der Waals surface area (Å²) < 4.78 is 0. The summed E-state index contributed by atoms with van der Waals surface area (Å²) in [5.74, 6) is 0.249. The summed E-state index contributed by atoms with van der Waals surface area (Å²) in [7, 11) is 0. The number of Topliss-reactive ketones (excluding diaryl/α,β-unsaturated/α-hetero) is 1. The monoisotopic (exact) mass is 417 g/mol. The molecule has 0 radical (unpaired) electrons. The highest BCUT2D eigenvalue weighted by molar-refractivity contribution is 5.89. The molecule has 5 unspecified atom stereocenters. The van der Waals surface area contributed by atoms with Crippen molar-refractivity contribution < 1.29 is 15.0 Å². The summed E-state index contributed by atoms with van der Waals surface area (Å²) in [6.07, 6.45) is 8.59. The number of aliphatic hydroxyl groups is 2. The van der Waals surface area contributed by atoms with E-state index in [-0.39, 0.29) is 30.6 Å². The summed E-state index contributed by atoms with van der Waals surface area (Å²) in [5, 5.41) is 24.3. The second kappa shape index (κ2) is 8.53. The van der Waals surface area contributed by atoms with Gasteiger partial charge in [0.25, 0.3) is 0 Å². The van der Waals surface area contributed by atoms with Crippen molar-refractivity contribution >= 4 is 5.78 Å². The van der Waals surface area contributed by atoms with Crippen molar-refractivity contribution in [3.05, 3.63) is 34.4 Å². The first kappa shape index (κ1) is 24.7. The first-order valence-electron chi connectivity index (χ1n) is 11.1. The van der Waals surface area contributed by atoms with Gasteiger partial charge in [0.15, 0.2) is 5.78 Å². The Labute approximate surface area is 181 Å². The van der Waals surface area contributed by atoms with Crippen molar-refractivity contribution in [2.24, 2.45) is 39.7 Å². The number of ketones is 1. The van der Waals surface area contributed by atoms with E-state index in [1.807, 2.05) is 26.8 Å². The van der Waals surface area contributed by atoms with Gasteiger partial charge in [0.05, 0.1) is 6.04 Å². The summed E-state index contributed by atoms with van der Waals surface area (Å²) in [6.45, 7) is 9.68. The Hall–Kier alpha value is -1.55. The molecule has 30 heavy (non-hydrogen) atoms. The molecule has 4 aliphatic carbocycles. The molecule has 0 saturated heterocycles. The molecule has 8 atom stereocenters. The lowest BCUT2D eigenvalue weighted by atomic mass is 9.44. The Morgan fingerprint density at radius 3 is 2.60 bits per heavy atom. The SMILES string of the molecule is C.CC.C[C@H]1CC2C3CC[C@](O)(C(=O)CO)C3(C)CC(N=O)[C@@H]2C2(C)C=C=CC=C12. The van der Waals surface area contributed by atoms with Crippen LogP contribution in [0.25, 0.3) is 0 Å². The number of rotatable bonds is 3. The van der Waals surface area contributed by atoms with Crippen LogP contribution in [-0.4, -0.2) is 34.2 Å². The molecule has 5 heteroatoms. The van der Waals surface area contributed by atoms with Crippen LogP contribution in [0.3, 0.4) is 0 Å². The second-order valence-corrected chi connectivity index (χ2v) is 9.59. The number of hydrogen-bond acceptors (Lipinski definition) is 5. The molecule has 3 saturated carbocycles. The molecule has 0 amide bonds. The van der Waals surface area contributed by atoms with E-state index in [1.165, 1.54) is 5.57 Å². The van der Waals surface area contributed by atoms with Crippen molar-refractivity contribution in [3.63, 3.8) is 0 Å². The molecular formula is C25H39NO4. The highest BCUT2D eigenvalue weighted by Crippen LogP contribution is 2.68. The van der Waals surface area contributed by atoms with E-state index in [4.69, 9.17) is 0 Å². The zero-order valence-corrected chi connectivity index (χ0v) is 18.3. The molecule has 5 nitrogen and oxygen atoms in total. The number of nitrogens with zero attached hydrogens (tertiary/aromatic N) is 1. The molecule has 0 bridgehead atoms. The molecule has 0 heterocycles. The average Bonchev–Trinajstić information content (AvgIpc) is 3.00. The quantitative estimate of drug-likeness (QED) is 0.509. The Balaban J connectivity index is 0.00000104. The minimum atomic E-state index is -1.57. The largest absolute Gasteiger partial charge is 0.388 e. The smallest absolute Gasteiger partial charge is 0.190 e. The maximum atomic E-state index is 12.5. The minimum Gasteiger partial charge on any atom is -0.388 e. The molecule has 2 N–H and O–H groups in total. The van der Waals surface area contributed by atoms with Crippen LogP contribution in [0.5, 0.6) is 0 Å². The van der Waals surface area contributed by atoms with Gasteiger partial charge in [-0.15, -0.1) is 5.73 Å². The van der Waals surface area contributed by atoms with Gasteiger partial charge in [-0.1, -0.05) is 58.9 Å². The lowest BCUT2D eigenvalue weighted by Crippen LogP contribution is -2.61. The maximum Gasteiger partial charge on any atom is 0.190 e. The van der Waals surface area contributed by atoms with Crippen LogP contribution in [0.2, 0.25) is 0 Å². The van der Waals surface area contributed by atoms with E-state index in [0.717, 1.165) is 12.8 Å². The number of aliphatic hydroxyl groups excluding tert-OH is 1. The molecule has 4 rings (SSSR count). The van der Waals surface area contributed by atoms with Gasteiger partial charge >= 0.3 is 0 Å². The standard InChI is InChI=1S/C22H29NO4.C2H6.CH4/c1-13-10-14-16-7-9-22(26,18(25)12-24)21(16,3)11-17(23-27)19(14)20(2)8-5-4-6-15(13)20;1-2;/h4,6,8,13-14,16-17,19,24,26H,7,9-12H2,1-3H3;1-2H3;1H4/t13-,14?,16?,17?,19+,20?,21?,22-;;/m0../s1. The minimum absolute atomic E-state index is 0. The third-order valence-electron chi connectivity index (χ3n) is 8.56. The van der Waals surface area contributed by atoms with E-state index >= 15 is 0 Å². The Kier molecular flexibility index (Phi) is 7.03. The average molecular weight is 418 g/mol. The normalized spacial score (nSPS) is 45.6. The number of carbonyl (C=O) groups is 1. The van der Waals surface area contributed by atoms with Crippen LogP contribution in [0.1, 0.15) is 67.7 Å². The van der Waals surface area contributed by atoms with Crippen LogP contribution >= 0.6 is 0 Å². The van der Waals surface area contributed by atoms with Gasteiger partial charge in [-0.25, -0.2) is 0 Å². The molecule has 4 aliphatic rings. The summed E-state index contributed by atoms with van der Waals surface area (Å²) in [6, 6.07) is -0.468. The van der Waals surface area contributed by atoms with Crippen LogP contribution in [0, 0.1) is 39.4 Å². The number of fused-ring (bicyclic) bond motifs is 5. The fourth-order valence-electron chi connectivity index (χ4n) is 7.37. The van der Waals surface area contributed by atoms with Crippen molar-refractivity contribution in [3.8, 4) is 0 Å².